The fraction of sp³-hybridized carbons (Fsp3) is 0.643. The minimum atomic E-state index is -0.118. The molecule has 116 valence electrons. The summed E-state index contributed by atoms with van der Waals surface area (Å²) in [6.45, 7) is 0. The van der Waals surface area contributed by atoms with E-state index in [1.165, 1.54) is 7.11 Å². The van der Waals surface area contributed by atoms with Crippen LogP contribution < -0.4 is 14.8 Å². The van der Waals surface area contributed by atoms with E-state index in [1.54, 1.807) is 20.3 Å². The maximum atomic E-state index is 11.5. The van der Waals surface area contributed by atoms with Crippen LogP contribution >= 0.6 is 0 Å². The van der Waals surface area contributed by atoms with Gasteiger partial charge in [-0.3, -0.25) is 4.79 Å². The lowest BCUT2D eigenvalue weighted by atomic mass is 9.86. The maximum absolute atomic E-state index is 11.5. The lowest BCUT2D eigenvalue weighted by Gasteiger charge is -2.27. The summed E-state index contributed by atoms with van der Waals surface area (Å²) in [5.41, 5.74) is 0. The van der Waals surface area contributed by atoms with Crippen molar-refractivity contribution in [3.05, 3.63) is 6.07 Å². The van der Waals surface area contributed by atoms with Crippen LogP contribution in [-0.4, -0.2) is 43.3 Å². The van der Waals surface area contributed by atoms with Crippen LogP contribution in [-0.2, 0) is 9.53 Å². The van der Waals surface area contributed by atoms with E-state index in [1.807, 2.05) is 0 Å². The molecule has 1 aromatic rings. The number of esters is 1. The Morgan fingerprint density at radius 3 is 2.14 bits per heavy atom. The molecule has 7 nitrogen and oxygen atoms in total. The van der Waals surface area contributed by atoms with Crippen molar-refractivity contribution < 1.29 is 19.0 Å². The van der Waals surface area contributed by atoms with Crippen molar-refractivity contribution in [2.24, 2.45) is 5.92 Å². The standard InChI is InChI=1S/C14H21N3O4/c1-19-11-8-12(20-2)17-14(16-11)15-10-6-4-9(5-7-10)13(18)21-3/h8-10H,4-7H2,1-3H3,(H,15,16,17). The third-order valence-electron chi connectivity index (χ3n) is 3.69. The molecule has 7 heteroatoms. The second-order valence-electron chi connectivity index (χ2n) is 4.99. The molecule has 1 N–H and O–H groups in total. The van der Waals surface area contributed by atoms with E-state index in [2.05, 4.69) is 15.3 Å². The highest BCUT2D eigenvalue weighted by Gasteiger charge is 2.27. The molecule has 0 saturated heterocycles. The summed E-state index contributed by atoms with van der Waals surface area (Å²) in [6, 6.07) is 1.86. The molecule has 0 amide bonds. The van der Waals surface area contributed by atoms with Gasteiger partial charge in [-0.2, -0.15) is 9.97 Å². The van der Waals surface area contributed by atoms with Gasteiger partial charge in [0.1, 0.15) is 0 Å². The molecule has 0 radical (unpaired) electrons. The van der Waals surface area contributed by atoms with Crippen molar-refractivity contribution in [2.75, 3.05) is 26.6 Å². The number of hydrogen-bond acceptors (Lipinski definition) is 7. The minimum Gasteiger partial charge on any atom is -0.481 e. The molecule has 1 saturated carbocycles. The van der Waals surface area contributed by atoms with Gasteiger partial charge in [0.05, 0.1) is 33.3 Å². The van der Waals surface area contributed by atoms with E-state index >= 15 is 0 Å². The van der Waals surface area contributed by atoms with Gasteiger partial charge in [-0.05, 0) is 25.7 Å². The summed E-state index contributed by atoms with van der Waals surface area (Å²) in [4.78, 5) is 20.0. The topological polar surface area (TPSA) is 82.6 Å². The molecule has 2 rings (SSSR count). The number of methoxy groups -OCH3 is 3. The first-order valence-corrected chi connectivity index (χ1v) is 6.97. The number of nitrogens with zero attached hydrogens (tertiary/aromatic N) is 2. The Kier molecular flexibility index (Phi) is 5.19. The molecular weight excluding hydrogens is 274 g/mol. The summed E-state index contributed by atoms with van der Waals surface area (Å²) in [7, 11) is 4.53. The quantitative estimate of drug-likeness (QED) is 0.827. The highest BCUT2D eigenvalue weighted by Crippen LogP contribution is 2.27. The molecule has 1 aliphatic rings. The number of carbonyl (C=O) groups excluding carboxylic acids is 1. The van der Waals surface area contributed by atoms with Gasteiger partial charge in [0.2, 0.25) is 17.7 Å². The molecule has 1 aliphatic carbocycles. The summed E-state index contributed by atoms with van der Waals surface area (Å²) in [6.07, 6.45) is 3.38. The van der Waals surface area contributed by atoms with Crippen molar-refractivity contribution in [2.45, 2.75) is 31.7 Å². The molecule has 1 fully saturated rings. The average Bonchev–Trinajstić information content (AvgIpc) is 2.54. The number of hydrogen-bond donors (Lipinski definition) is 1. The first-order chi connectivity index (χ1) is 10.2. The molecule has 1 heterocycles. The van der Waals surface area contributed by atoms with Crippen molar-refractivity contribution in [3.63, 3.8) is 0 Å². The smallest absolute Gasteiger partial charge is 0.308 e. The third-order valence-corrected chi connectivity index (χ3v) is 3.69. The fourth-order valence-corrected chi connectivity index (χ4v) is 2.50. The highest BCUT2D eigenvalue weighted by atomic mass is 16.5. The normalized spacial score (nSPS) is 21.5. The third kappa shape index (κ3) is 3.96. The van der Waals surface area contributed by atoms with Gasteiger partial charge in [-0.1, -0.05) is 0 Å². The molecule has 21 heavy (non-hydrogen) atoms. The van der Waals surface area contributed by atoms with Crippen molar-refractivity contribution in [1.82, 2.24) is 9.97 Å². The van der Waals surface area contributed by atoms with E-state index in [9.17, 15) is 4.79 Å². The van der Waals surface area contributed by atoms with E-state index in [0.29, 0.717) is 17.7 Å². The van der Waals surface area contributed by atoms with E-state index in [0.717, 1.165) is 25.7 Å². The predicted octanol–water partition coefficient (Wildman–Crippen LogP) is 1.64. The molecule has 0 aliphatic heterocycles. The number of rotatable bonds is 5. The predicted molar refractivity (Wildman–Crippen MR) is 76.5 cm³/mol. The number of anilines is 1. The molecular formula is C14H21N3O4. The summed E-state index contributed by atoms with van der Waals surface area (Å²) in [5, 5.41) is 3.27. The van der Waals surface area contributed by atoms with Crippen molar-refractivity contribution >= 4 is 11.9 Å². The highest BCUT2D eigenvalue weighted by molar-refractivity contribution is 5.72. The second-order valence-corrected chi connectivity index (χ2v) is 4.99. The SMILES string of the molecule is COC(=O)C1CCC(Nc2nc(OC)cc(OC)n2)CC1. The first-order valence-electron chi connectivity index (χ1n) is 6.97. The lowest BCUT2D eigenvalue weighted by Crippen LogP contribution is -2.30. The van der Waals surface area contributed by atoms with Crippen LogP contribution in [0, 0.1) is 5.92 Å². The summed E-state index contributed by atoms with van der Waals surface area (Å²) < 4.78 is 15.0. The summed E-state index contributed by atoms with van der Waals surface area (Å²) >= 11 is 0. The number of nitrogens with one attached hydrogen (secondary N) is 1. The Bertz CT molecular complexity index is 465. The number of carbonyl (C=O) groups is 1. The molecule has 0 spiro atoms. The van der Waals surface area contributed by atoms with E-state index in [4.69, 9.17) is 14.2 Å². The van der Waals surface area contributed by atoms with Gasteiger partial charge in [0.15, 0.2) is 0 Å². The zero-order valence-corrected chi connectivity index (χ0v) is 12.6. The van der Waals surface area contributed by atoms with Crippen LogP contribution in [0.15, 0.2) is 6.07 Å². The largest absolute Gasteiger partial charge is 0.481 e. The Morgan fingerprint density at radius 1 is 1.10 bits per heavy atom. The zero-order chi connectivity index (χ0) is 15.2. The Hall–Kier alpha value is -2.05. The van der Waals surface area contributed by atoms with Gasteiger partial charge < -0.3 is 19.5 Å². The second kappa shape index (κ2) is 7.10. The number of aromatic nitrogens is 2. The maximum Gasteiger partial charge on any atom is 0.308 e. The van der Waals surface area contributed by atoms with Crippen LogP contribution in [0.25, 0.3) is 0 Å². The monoisotopic (exact) mass is 295 g/mol. The average molecular weight is 295 g/mol. The zero-order valence-electron chi connectivity index (χ0n) is 12.6. The van der Waals surface area contributed by atoms with Crippen LogP contribution in [0.3, 0.4) is 0 Å². The van der Waals surface area contributed by atoms with E-state index in [-0.39, 0.29) is 17.9 Å². The van der Waals surface area contributed by atoms with Crippen LogP contribution in [0.2, 0.25) is 0 Å². The van der Waals surface area contributed by atoms with Crippen LogP contribution in [0.1, 0.15) is 25.7 Å². The molecule has 1 aromatic heterocycles. The van der Waals surface area contributed by atoms with Gasteiger partial charge in [-0.15, -0.1) is 0 Å². The molecule has 0 aromatic carbocycles. The van der Waals surface area contributed by atoms with Gasteiger partial charge >= 0.3 is 5.97 Å². The van der Waals surface area contributed by atoms with Crippen LogP contribution in [0.5, 0.6) is 11.8 Å². The summed E-state index contributed by atoms with van der Waals surface area (Å²) in [5.74, 6) is 1.27. The van der Waals surface area contributed by atoms with Gasteiger partial charge in [-0.25, -0.2) is 0 Å². The van der Waals surface area contributed by atoms with Gasteiger partial charge in [0, 0.05) is 6.04 Å². The first kappa shape index (κ1) is 15.3. The lowest BCUT2D eigenvalue weighted by molar-refractivity contribution is -0.146. The molecule has 0 atom stereocenters. The van der Waals surface area contributed by atoms with Gasteiger partial charge in [0.25, 0.3) is 0 Å². The Morgan fingerprint density at radius 2 is 1.67 bits per heavy atom. The van der Waals surface area contributed by atoms with E-state index < -0.39 is 0 Å². The fourth-order valence-electron chi connectivity index (χ4n) is 2.50. The molecule has 0 bridgehead atoms. The molecule has 0 unspecified atom stereocenters. The Balaban J connectivity index is 1.95. The van der Waals surface area contributed by atoms with Crippen molar-refractivity contribution in [3.8, 4) is 11.8 Å². The Labute approximate surface area is 124 Å². The number of ether oxygens (including phenoxy) is 3. The van der Waals surface area contributed by atoms with Crippen LogP contribution in [0.4, 0.5) is 5.95 Å². The minimum absolute atomic E-state index is 0.00816. The van der Waals surface area contributed by atoms with Crippen molar-refractivity contribution in [1.29, 1.82) is 0 Å².